The fourth-order valence-electron chi connectivity index (χ4n) is 3.34. The Hall–Kier alpha value is -2.44. The Morgan fingerprint density at radius 3 is 2.75 bits per heavy atom. The van der Waals surface area contributed by atoms with Gasteiger partial charge in [-0.3, -0.25) is 0 Å². The largest absolute Gasteiger partial charge is 0.481 e. The fraction of sp³-hybridized carbons (Fsp3) is 0.471. The zero-order valence-corrected chi connectivity index (χ0v) is 13.6. The summed E-state index contributed by atoms with van der Waals surface area (Å²) in [6, 6.07) is 6.01. The Kier molecular flexibility index (Phi) is 3.92. The third kappa shape index (κ3) is 2.98. The highest BCUT2D eigenvalue weighted by molar-refractivity contribution is 5.48. The van der Waals surface area contributed by atoms with Crippen molar-refractivity contribution >= 4 is 11.6 Å². The Bertz CT molecular complexity index is 706. The predicted octanol–water partition coefficient (Wildman–Crippen LogP) is 2.27. The number of halogens is 1. The molecule has 24 heavy (non-hydrogen) atoms. The number of anilines is 2. The van der Waals surface area contributed by atoms with Crippen LogP contribution in [0.4, 0.5) is 16.0 Å². The summed E-state index contributed by atoms with van der Waals surface area (Å²) in [5, 5.41) is 0. The van der Waals surface area contributed by atoms with E-state index in [0.29, 0.717) is 18.0 Å². The second-order valence-corrected chi connectivity index (χ2v) is 6.28. The third-order valence-electron chi connectivity index (χ3n) is 4.63. The molecule has 1 saturated heterocycles. The minimum atomic E-state index is -0.304. The van der Waals surface area contributed by atoms with Gasteiger partial charge in [-0.2, -0.15) is 0 Å². The highest BCUT2D eigenvalue weighted by atomic mass is 19.1. The number of nitrogens with zero attached hydrogens (tertiary/aromatic N) is 5. The second kappa shape index (κ2) is 6.22. The number of hydrogen-bond acceptors (Lipinski definition) is 6. The van der Waals surface area contributed by atoms with Gasteiger partial charge in [0.05, 0.1) is 13.3 Å². The zero-order chi connectivity index (χ0) is 16.5. The van der Waals surface area contributed by atoms with Gasteiger partial charge < -0.3 is 14.5 Å². The topological polar surface area (TPSA) is 54.4 Å². The first-order valence-corrected chi connectivity index (χ1v) is 8.25. The fourth-order valence-corrected chi connectivity index (χ4v) is 3.34. The van der Waals surface area contributed by atoms with Crippen LogP contribution in [0.25, 0.3) is 0 Å². The molecule has 2 fully saturated rings. The first kappa shape index (κ1) is 15.1. The lowest BCUT2D eigenvalue weighted by atomic mass is 10.2. The van der Waals surface area contributed by atoms with E-state index in [1.54, 1.807) is 19.5 Å². The molecule has 6 nitrogen and oxygen atoms in total. The van der Waals surface area contributed by atoms with Gasteiger partial charge in [-0.25, -0.2) is 19.3 Å². The van der Waals surface area contributed by atoms with Crippen LogP contribution in [-0.4, -0.2) is 47.2 Å². The smallest absolute Gasteiger partial charge is 0.218 e. The van der Waals surface area contributed by atoms with Crippen molar-refractivity contribution in [2.24, 2.45) is 0 Å². The number of methoxy groups -OCH3 is 1. The van der Waals surface area contributed by atoms with Gasteiger partial charge in [0.15, 0.2) is 0 Å². The van der Waals surface area contributed by atoms with Crippen LogP contribution in [0.15, 0.2) is 30.7 Å². The molecule has 1 unspecified atom stereocenters. The SMILES string of the molecule is COc1cc(N(C2CC2)C2CCN(c3ccc(F)cn3)C2)ncn1. The molecule has 0 N–H and O–H groups in total. The van der Waals surface area contributed by atoms with E-state index in [0.717, 1.165) is 31.1 Å². The minimum absolute atomic E-state index is 0.304. The molecule has 0 radical (unpaired) electrons. The number of hydrogen-bond donors (Lipinski definition) is 0. The van der Waals surface area contributed by atoms with Gasteiger partial charge in [-0.05, 0) is 31.4 Å². The molecule has 1 aliphatic carbocycles. The maximum absolute atomic E-state index is 13.1. The van der Waals surface area contributed by atoms with Gasteiger partial charge in [-0.1, -0.05) is 0 Å². The van der Waals surface area contributed by atoms with E-state index in [4.69, 9.17) is 4.74 Å². The van der Waals surface area contributed by atoms with Crippen molar-refractivity contribution in [3.8, 4) is 5.88 Å². The summed E-state index contributed by atoms with van der Waals surface area (Å²) in [6.07, 6.45) is 6.24. The number of pyridine rings is 1. The molecule has 1 aliphatic heterocycles. The van der Waals surface area contributed by atoms with E-state index in [-0.39, 0.29) is 5.82 Å². The minimum Gasteiger partial charge on any atom is -0.481 e. The van der Waals surface area contributed by atoms with Crippen molar-refractivity contribution in [2.45, 2.75) is 31.3 Å². The van der Waals surface area contributed by atoms with Gasteiger partial charge in [0, 0.05) is 31.2 Å². The Morgan fingerprint density at radius 1 is 1.17 bits per heavy atom. The molecule has 4 rings (SSSR count). The van der Waals surface area contributed by atoms with E-state index < -0.39 is 0 Å². The Morgan fingerprint density at radius 2 is 2.04 bits per heavy atom. The van der Waals surface area contributed by atoms with E-state index in [1.165, 1.54) is 25.1 Å². The van der Waals surface area contributed by atoms with Crippen molar-refractivity contribution in [3.63, 3.8) is 0 Å². The molecule has 2 aromatic rings. The molecule has 2 aliphatic rings. The third-order valence-corrected chi connectivity index (χ3v) is 4.63. The molecule has 7 heteroatoms. The van der Waals surface area contributed by atoms with Crippen molar-refractivity contribution in [3.05, 3.63) is 36.5 Å². The van der Waals surface area contributed by atoms with Gasteiger partial charge in [0.1, 0.15) is 23.8 Å². The van der Waals surface area contributed by atoms with Crippen LogP contribution in [0.1, 0.15) is 19.3 Å². The quantitative estimate of drug-likeness (QED) is 0.839. The molecule has 3 heterocycles. The van der Waals surface area contributed by atoms with Crippen molar-refractivity contribution in [1.82, 2.24) is 15.0 Å². The summed E-state index contributed by atoms with van der Waals surface area (Å²) in [5.41, 5.74) is 0. The van der Waals surface area contributed by atoms with E-state index in [1.807, 2.05) is 6.07 Å². The van der Waals surface area contributed by atoms with E-state index in [9.17, 15) is 4.39 Å². The van der Waals surface area contributed by atoms with E-state index >= 15 is 0 Å². The molecule has 0 bridgehead atoms. The van der Waals surface area contributed by atoms with Crippen LogP contribution in [0.3, 0.4) is 0 Å². The lowest BCUT2D eigenvalue weighted by Crippen LogP contribution is -2.40. The summed E-state index contributed by atoms with van der Waals surface area (Å²) in [5.74, 6) is 2.03. The molecular formula is C17H20FN5O. The monoisotopic (exact) mass is 329 g/mol. The van der Waals surface area contributed by atoms with Crippen LogP contribution in [0, 0.1) is 5.82 Å². The first-order valence-electron chi connectivity index (χ1n) is 8.25. The number of aromatic nitrogens is 3. The molecular weight excluding hydrogens is 309 g/mol. The molecule has 1 atom stereocenters. The van der Waals surface area contributed by atoms with Crippen LogP contribution < -0.4 is 14.5 Å². The summed E-state index contributed by atoms with van der Waals surface area (Å²) in [7, 11) is 1.62. The van der Waals surface area contributed by atoms with Gasteiger partial charge in [0.25, 0.3) is 0 Å². The van der Waals surface area contributed by atoms with Crippen molar-refractivity contribution < 1.29 is 9.13 Å². The molecule has 1 saturated carbocycles. The van der Waals surface area contributed by atoms with Crippen LogP contribution in [0.2, 0.25) is 0 Å². The van der Waals surface area contributed by atoms with Gasteiger partial charge in [0.2, 0.25) is 5.88 Å². The summed E-state index contributed by atoms with van der Waals surface area (Å²) in [6.45, 7) is 1.77. The number of rotatable bonds is 5. The van der Waals surface area contributed by atoms with Crippen LogP contribution in [0.5, 0.6) is 5.88 Å². The average Bonchev–Trinajstić information content (AvgIpc) is 3.33. The van der Waals surface area contributed by atoms with Crippen molar-refractivity contribution in [1.29, 1.82) is 0 Å². The second-order valence-electron chi connectivity index (χ2n) is 6.28. The van der Waals surface area contributed by atoms with Crippen molar-refractivity contribution in [2.75, 3.05) is 30.0 Å². The molecule has 2 aromatic heterocycles. The first-order chi connectivity index (χ1) is 11.7. The van der Waals surface area contributed by atoms with Gasteiger partial charge in [-0.15, -0.1) is 0 Å². The maximum Gasteiger partial charge on any atom is 0.218 e. The Labute approximate surface area is 140 Å². The summed E-state index contributed by atoms with van der Waals surface area (Å²) in [4.78, 5) is 17.4. The lowest BCUT2D eigenvalue weighted by molar-refractivity contribution is 0.396. The Balaban J connectivity index is 1.53. The van der Waals surface area contributed by atoms with Gasteiger partial charge >= 0.3 is 0 Å². The standard InChI is InChI=1S/C17H20FN5O/c1-24-17-8-16(20-11-21-17)23(13-3-4-13)14-6-7-22(10-14)15-5-2-12(18)9-19-15/h2,5,8-9,11,13-14H,3-4,6-7,10H2,1H3. The summed E-state index contributed by atoms with van der Waals surface area (Å²) >= 11 is 0. The molecule has 126 valence electrons. The lowest BCUT2D eigenvalue weighted by Gasteiger charge is -2.30. The molecule has 0 amide bonds. The normalized spacial score (nSPS) is 20.2. The van der Waals surface area contributed by atoms with Crippen LogP contribution in [-0.2, 0) is 0 Å². The average molecular weight is 329 g/mol. The highest BCUT2D eigenvalue weighted by Gasteiger charge is 2.38. The molecule has 0 spiro atoms. The number of ether oxygens (including phenoxy) is 1. The maximum atomic E-state index is 13.1. The predicted molar refractivity (Wildman–Crippen MR) is 88.9 cm³/mol. The highest BCUT2D eigenvalue weighted by Crippen LogP contribution is 2.36. The zero-order valence-electron chi connectivity index (χ0n) is 13.6. The van der Waals surface area contributed by atoms with E-state index in [2.05, 4.69) is 24.8 Å². The summed E-state index contributed by atoms with van der Waals surface area (Å²) < 4.78 is 18.3. The molecule has 0 aromatic carbocycles. The van der Waals surface area contributed by atoms with Crippen LogP contribution >= 0.6 is 0 Å².